The van der Waals surface area contributed by atoms with Crippen molar-refractivity contribution in [3.05, 3.63) is 94.9 Å². The molecular formula is C29H31N5O3. The first-order valence-corrected chi connectivity index (χ1v) is 12.1. The number of anilines is 2. The van der Waals surface area contributed by atoms with Gasteiger partial charge in [0.15, 0.2) is 0 Å². The molecular weight excluding hydrogens is 466 g/mol. The molecule has 0 saturated heterocycles. The highest BCUT2D eigenvalue weighted by Crippen LogP contribution is 2.21. The van der Waals surface area contributed by atoms with Crippen LogP contribution < -0.4 is 10.6 Å². The third kappa shape index (κ3) is 6.68. The Morgan fingerprint density at radius 1 is 0.730 bits per heavy atom. The fraction of sp³-hybridized carbons (Fsp3) is 0.241. The molecule has 1 aromatic heterocycles. The van der Waals surface area contributed by atoms with Crippen molar-refractivity contribution in [1.82, 2.24) is 15.0 Å². The van der Waals surface area contributed by atoms with Gasteiger partial charge in [0.2, 0.25) is 23.5 Å². The summed E-state index contributed by atoms with van der Waals surface area (Å²) in [6, 6.07) is 21.2. The minimum atomic E-state index is -0.236. The zero-order valence-electron chi connectivity index (χ0n) is 21.5. The summed E-state index contributed by atoms with van der Waals surface area (Å²) in [5, 5.41) is 10.0. The molecule has 0 aliphatic heterocycles. The highest BCUT2D eigenvalue weighted by molar-refractivity contribution is 5.96. The maximum Gasteiger partial charge on any atom is 0.241 e. The van der Waals surface area contributed by atoms with Gasteiger partial charge in [-0.3, -0.25) is 14.5 Å². The molecule has 8 nitrogen and oxygen atoms in total. The smallest absolute Gasteiger partial charge is 0.241 e. The molecule has 8 heteroatoms. The molecule has 0 unspecified atom stereocenters. The number of benzene rings is 3. The lowest BCUT2D eigenvalue weighted by molar-refractivity contribution is -0.120. The van der Waals surface area contributed by atoms with Crippen LogP contribution in [0.2, 0.25) is 0 Å². The molecule has 0 spiro atoms. The van der Waals surface area contributed by atoms with E-state index < -0.39 is 0 Å². The largest absolute Gasteiger partial charge is 0.338 e. The van der Waals surface area contributed by atoms with E-state index in [1.807, 2.05) is 94.4 Å². The zero-order valence-corrected chi connectivity index (χ0v) is 21.5. The van der Waals surface area contributed by atoms with Crippen LogP contribution in [0.5, 0.6) is 0 Å². The zero-order chi connectivity index (χ0) is 26.4. The van der Waals surface area contributed by atoms with Crippen LogP contribution in [0.25, 0.3) is 11.4 Å². The molecule has 3 aromatic carbocycles. The van der Waals surface area contributed by atoms with Gasteiger partial charge in [-0.25, -0.2) is 0 Å². The minimum absolute atomic E-state index is 0.0308. The second kappa shape index (κ2) is 11.6. The summed E-state index contributed by atoms with van der Waals surface area (Å²) in [6.45, 7) is 7.86. The fourth-order valence-electron chi connectivity index (χ4n) is 4.17. The Morgan fingerprint density at radius 3 is 1.70 bits per heavy atom. The number of amides is 2. The summed E-state index contributed by atoms with van der Waals surface area (Å²) < 4.78 is 5.46. The van der Waals surface area contributed by atoms with Crippen molar-refractivity contribution in [3.8, 4) is 11.4 Å². The molecule has 0 atom stereocenters. The van der Waals surface area contributed by atoms with Crippen LogP contribution >= 0.6 is 0 Å². The minimum Gasteiger partial charge on any atom is -0.338 e. The van der Waals surface area contributed by atoms with Gasteiger partial charge in [0.25, 0.3) is 0 Å². The lowest BCUT2D eigenvalue weighted by atomic mass is 10.1. The number of aryl methyl sites for hydroxylation is 4. The van der Waals surface area contributed by atoms with Gasteiger partial charge in [-0.15, -0.1) is 0 Å². The summed E-state index contributed by atoms with van der Waals surface area (Å²) >= 11 is 0. The van der Waals surface area contributed by atoms with Crippen molar-refractivity contribution in [2.75, 3.05) is 23.7 Å². The van der Waals surface area contributed by atoms with E-state index >= 15 is 0 Å². The molecule has 190 valence electrons. The summed E-state index contributed by atoms with van der Waals surface area (Å²) in [4.78, 5) is 32.2. The number of nitrogens with zero attached hydrogens (tertiary/aromatic N) is 3. The molecule has 2 amide bonds. The first-order valence-electron chi connectivity index (χ1n) is 12.1. The van der Waals surface area contributed by atoms with Crippen LogP contribution in [0.4, 0.5) is 11.4 Å². The number of para-hydroxylation sites is 2. The molecule has 0 aliphatic carbocycles. The number of rotatable bonds is 9. The van der Waals surface area contributed by atoms with Gasteiger partial charge in [-0.05, 0) is 49.9 Å². The predicted molar refractivity (Wildman–Crippen MR) is 144 cm³/mol. The van der Waals surface area contributed by atoms with Crippen LogP contribution in [0.15, 0.2) is 71.3 Å². The van der Waals surface area contributed by atoms with Gasteiger partial charge in [-0.2, -0.15) is 4.98 Å². The van der Waals surface area contributed by atoms with E-state index in [1.54, 1.807) is 4.90 Å². The summed E-state index contributed by atoms with van der Waals surface area (Å²) in [5.41, 5.74) is 6.25. The molecule has 1 heterocycles. The van der Waals surface area contributed by atoms with Crippen molar-refractivity contribution in [2.24, 2.45) is 0 Å². The molecule has 0 bridgehead atoms. The van der Waals surface area contributed by atoms with Crippen LogP contribution in [-0.4, -0.2) is 39.9 Å². The number of carbonyl (C=O) groups excluding carboxylic acids is 2. The number of aromatic nitrogens is 2. The van der Waals surface area contributed by atoms with Crippen molar-refractivity contribution in [2.45, 2.75) is 34.2 Å². The maximum absolute atomic E-state index is 13.0. The second-order valence-electron chi connectivity index (χ2n) is 9.15. The Labute approximate surface area is 216 Å². The highest BCUT2D eigenvalue weighted by atomic mass is 16.5. The first-order chi connectivity index (χ1) is 17.8. The SMILES string of the molecule is Cc1cccc(C)c1NC(=O)CN(CC(=O)Nc1c(C)cccc1C)Cc1nc(-c2ccccc2)no1. The van der Waals surface area contributed by atoms with Crippen molar-refractivity contribution in [3.63, 3.8) is 0 Å². The Morgan fingerprint density at radius 2 is 1.22 bits per heavy atom. The summed E-state index contributed by atoms with van der Waals surface area (Å²) in [6.07, 6.45) is 0. The average molecular weight is 498 g/mol. The lowest BCUT2D eigenvalue weighted by Gasteiger charge is -2.21. The molecule has 2 N–H and O–H groups in total. The van der Waals surface area contributed by atoms with Crippen LogP contribution in [0.1, 0.15) is 28.1 Å². The van der Waals surface area contributed by atoms with Gasteiger partial charge in [0, 0.05) is 16.9 Å². The second-order valence-corrected chi connectivity index (χ2v) is 9.15. The Kier molecular flexibility index (Phi) is 8.10. The topological polar surface area (TPSA) is 100 Å². The van der Waals surface area contributed by atoms with E-state index in [-0.39, 0.29) is 31.4 Å². The van der Waals surface area contributed by atoms with Crippen molar-refractivity contribution < 1.29 is 14.1 Å². The van der Waals surface area contributed by atoms with E-state index in [4.69, 9.17) is 4.52 Å². The number of carbonyl (C=O) groups is 2. The van der Waals surface area contributed by atoms with Gasteiger partial charge < -0.3 is 15.2 Å². The van der Waals surface area contributed by atoms with E-state index in [1.165, 1.54) is 0 Å². The van der Waals surface area contributed by atoms with Crippen molar-refractivity contribution in [1.29, 1.82) is 0 Å². The molecule has 0 saturated carbocycles. The normalized spacial score (nSPS) is 10.9. The first kappa shape index (κ1) is 25.8. The quantitative estimate of drug-likeness (QED) is 0.336. The molecule has 4 rings (SSSR count). The molecule has 37 heavy (non-hydrogen) atoms. The van der Waals surface area contributed by atoms with E-state index in [0.717, 1.165) is 39.2 Å². The Bertz CT molecular complexity index is 1290. The average Bonchev–Trinajstić information content (AvgIpc) is 3.33. The van der Waals surface area contributed by atoms with Crippen molar-refractivity contribution >= 4 is 23.2 Å². The fourth-order valence-corrected chi connectivity index (χ4v) is 4.17. The van der Waals surface area contributed by atoms with Gasteiger partial charge in [-0.1, -0.05) is 71.9 Å². The molecule has 0 radical (unpaired) electrons. The van der Waals surface area contributed by atoms with E-state index in [0.29, 0.717) is 11.7 Å². The predicted octanol–water partition coefficient (Wildman–Crippen LogP) is 5.05. The van der Waals surface area contributed by atoms with Crippen LogP contribution in [0.3, 0.4) is 0 Å². The van der Waals surface area contributed by atoms with Crippen LogP contribution in [0, 0.1) is 27.7 Å². The van der Waals surface area contributed by atoms with Crippen LogP contribution in [-0.2, 0) is 16.1 Å². The third-order valence-electron chi connectivity index (χ3n) is 6.08. The Balaban J connectivity index is 1.51. The monoisotopic (exact) mass is 497 g/mol. The van der Waals surface area contributed by atoms with Gasteiger partial charge >= 0.3 is 0 Å². The third-order valence-corrected chi connectivity index (χ3v) is 6.08. The van der Waals surface area contributed by atoms with E-state index in [9.17, 15) is 9.59 Å². The summed E-state index contributed by atoms with van der Waals surface area (Å²) in [7, 11) is 0. The summed E-state index contributed by atoms with van der Waals surface area (Å²) in [5.74, 6) is 0.300. The standard InChI is InChI=1S/C29H31N5O3/c1-19-10-8-11-20(2)27(19)30-24(35)16-34(17-25(36)31-28-21(3)12-9-13-22(28)4)18-26-32-29(33-37-26)23-14-6-5-7-15-23/h5-15H,16-18H2,1-4H3,(H,30,35)(H,31,36). The van der Waals surface area contributed by atoms with Gasteiger partial charge in [0.1, 0.15) is 0 Å². The maximum atomic E-state index is 13.0. The number of hydrogen-bond donors (Lipinski definition) is 2. The number of nitrogens with one attached hydrogen (secondary N) is 2. The Hall–Kier alpha value is -4.30. The lowest BCUT2D eigenvalue weighted by Crippen LogP contribution is -2.38. The molecule has 0 fully saturated rings. The highest BCUT2D eigenvalue weighted by Gasteiger charge is 2.20. The molecule has 0 aliphatic rings. The molecule has 4 aromatic rings. The number of hydrogen-bond acceptors (Lipinski definition) is 6. The van der Waals surface area contributed by atoms with Gasteiger partial charge in [0.05, 0.1) is 19.6 Å². The van der Waals surface area contributed by atoms with E-state index in [2.05, 4.69) is 20.8 Å².